The van der Waals surface area contributed by atoms with Gasteiger partial charge in [-0.3, -0.25) is 0 Å². The van der Waals surface area contributed by atoms with Crippen molar-refractivity contribution in [2.45, 2.75) is 6.42 Å². The predicted molar refractivity (Wildman–Crippen MR) is 45.5 cm³/mol. The van der Waals surface area contributed by atoms with Crippen LogP contribution in [0.15, 0.2) is 24.3 Å². The van der Waals surface area contributed by atoms with Crippen LogP contribution in [0, 0.1) is 0 Å². The second kappa shape index (κ2) is 2.97. The van der Waals surface area contributed by atoms with Crippen LogP contribution in [-0.4, -0.2) is 22.8 Å². The van der Waals surface area contributed by atoms with Crippen LogP contribution in [0.3, 0.4) is 0 Å². The third-order valence-corrected chi connectivity index (χ3v) is 1.98. The van der Waals surface area contributed by atoms with Crippen molar-refractivity contribution < 1.29 is 14.7 Å². The Morgan fingerprint density at radius 1 is 1.46 bits per heavy atom. The Bertz CT molecular complexity index is 337. The topological polar surface area (TPSA) is 49.8 Å². The molecule has 1 amide bonds. The van der Waals surface area contributed by atoms with Crippen LogP contribution < -0.4 is 4.84 Å². The highest BCUT2D eigenvalue weighted by atomic mass is 16.7. The number of para-hydroxylation sites is 1. The second-order valence-corrected chi connectivity index (χ2v) is 2.83. The predicted octanol–water partition coefficient (Wildman–Crippen LogP) is 1.52. The Kier molecular flexibility index (Phi) is 1.81. The molecule has 68 valence electrons. The molecule has 13 heavy (non-hydrogen) atoms. The molecule has 1 aliphatic rings. The fourth-order valence-electron chi connectivity index (χ4n) is 1.32. The van der Waals surface area contributed by atoms with Crippen molar-refractivity contribution in [1.29, 1.82) is 0 Å². The molecule has 0 fully saturated rings. The van der Waals surface area contributed by atoms with Gasteiger partial charge < -0.3 is 9.94 Å². The first-order chi connectivity index (χ1) is 6.27. The van der Waals surface area contributed by atoms with E-state index in [0.29, 0.717) is 18.7 Å². The summed E-state index contributed by atoms with van der Waals surface area (Å²) in [6, 6.07) is 7.45. The molecule has 1 aromatic rings. The van der Waals surface area contributed by atoms with Crippen LogP contribution in [0.25, 0.3) is 0 Å². The van der Waals surface area contributed by atoms with Crippen molar-refractivity contribution in [2.75, 3.05) is 6.54 Å². The highest BCUT2D eigenvalue weighted by molar-refractivity contribution is 5.64. The maximum atomic E-state index is 10.6. The van der Waals surface area contributed by atoms with Gasteiger partial charge in [0, 0.05) is 0 Å². The molecule has 1 heterocycles. The molecule has 2 rings (SSSR count). The average Bonchev–Trinajstić information content (AvgIpc) is 2.17. The van der Waals surface area contributed by atoms with Crippen molar-refractivity contribution in [1.82, 2.24) is 5.06 Å². The van der Waals surface area contributed by atoms with Crippen LogP contribution >= 0.6 is 0 Å². The molecule has 4 heteroatoms. The molecule has 1 aliphatic heterocycles. The summed E-state index contributed by atoms with van der Waals surface area (Å²) in [7, 11) is 0. The monoisotopic (exact) mass is 179 g/mol. The summed E-state index contributed by atoms with van der Waals surface area (Å²) in [5, 5.41) is 9.61. The number of hydrogen-bond donors (Lipinski definition) is 1. The largest absolute Gasteiger partial charge is 0.463 e. The van der Waals surface area contributed by atoms with Gasteiger partial charge in [0.1, 0.15) is 0 Å². The molecule has 0 unspecified atom stereocenters. The van der Waals surface area contributed by atoms with Crippen LogP contribution in [0.2, 0.25) is 0 Å². The first kappa shape index (κ1) is 7.91. The summed E-state index contributed by atoms with van der Waals surface area (Å²) in [6.07, 6.45) is -0.336. The number of hydrogen-bond acceptors (Lipinski definition) is 2. The molecular weight excluding hydrogens is 170 g/mol. The van der Waals surface area contributed by atoms with Gasteiger partial charge >= 0.3 is 6.09 Å². The average molecular weight is 179 g/mol. The lowest BCUT2D eigenvalue weighted by Gasteiger charge is -2.25. The SMILES string of the molecule is O=C(O)N1CCc2ccccc2O1. The van der Waals surface area contributed by atoms with Gasteiger partial charge in [0.05, 0.1) is 6.54 Å². The zero-order valence-corrected chi connectivity index (χ0v) is 6.93. The minimum atomic E-state index is -1.05. The fourth-order valence-corrected chi connectivity index (χ4v) is 1.32. The van der Waals surface area contributed by atoms with Crippen LogP contribution in [0.4, 0.5) is 4.79 Å². The summed E-state index contributed by atoms with van der Waals surface area (Å²) >= 11 is 0. The van der Waals surface area contributed by atoms with E-state index >= 15 is 0 Å². The lowest BCUT2D eigenvalue weighted by Crippen LogP contribution is -2.37. The minimum Gasteiger partial charge on any atom is -0.463 e. The van der Waals surface area contributed by atoms with E-state index in [1.165, 1.54) is 0 Å². The highest BCUT2D eigenvalue weighted by Gasteiger charge is 2.20. The van der Waals surface area contributed by atoms with E-state index in [0.717, 1.165) is 10.6 Å². The van der Waals surface area contributed by atoms with Crippen molar-refractivity contribution in [2.24, 2.45) is 0 Å². The van der Waals surface area contributed by atoms with E-state index in [4.69, 9.17) is 9.94 Å². The Morgan fingerprint density at radius 3 is 3.00 bits per heavy atom. The van der Waals surface area contributed by atoms with E-state index in [9.17, 15) is 4.79 Å². The fraction of sp³-hybridized carbons (Fsp3) is 0.222. The first-order valence-corrected chi connectivity index (χ1v) is 4.04. The normalized spacial score (nSPS) is 14.6. The van der Waals surface area contributed by atoms with Crippen molar-refractivity contribution in [3.8, 4) is 5.75 Å². The molecule has 0 bridgehead atoms. The Balaban J connectivity index is 2.24. The number of nitrogens with zero attached hydrogens (tertiary/aromatic N) is 1. The van der Waals surface area contributed by atoms with Gasteiger partial charge in [0.2, 0.25) is 0 Å². The number of carboxylic acid groups (broad SMARTS) is 1. The summed E-state index contributed by atoms with van der Waals surface area (Å²) < 4.78 is 0. The molecule has 0 saturated heterocycles. The molecule has 0 radical (unpaired) electrons. The molecule has 0 aliphatic carbocycles. The molecule has 0 aromatic heterocycles. The van der Waals surface area contributed by atoms with Gasteiger partial charge in [-0.15, -0.1) is 5.06 Å². The molecule has 0 spiro atoms. The smallest absolute Gasteiger partial charge is 0.440 e. The van der Waals surface area contributed by atoms with Gasteiger partial charge in [0.25, 0.3) is 0 Å². The lowest BCUT2D eigenvalue weighted by atomic mass is 10.1. The van der Waals surface area contributed by atoms with Crippen molar-refractivity contribution >= 4 is 6.09 Å². The van der Waals surface area contributed by atoms with E-state index in [1.807, 2.05) is 18.2 Å². The molecule has 1 aromatic carbocycles. The molecular formula is C9H9NO3. The van der Waals surface area contributed by atoms with Crippen molar-refractivity contribution in [3.05, 3.63) is 29.8 Å². The maximum absolute atomic E-state index is 10.6. The van der Waals surface area contributed by atoms with Gasteiger partial charge in [-0.1, -0.05) is 18.2 Å². The molecule has 0 saturated carbocycles. The maximum Gasteiger partial charge on any atom is 0.440 e. The molecule has 1 N–H and O–H groups in total. The number of fused-ring (bicyclic) bond motifs is 1. The standard InChI is InChI=1S/C9H9NO3/c11-9(12)10-6-5-7-3-1-2-4-8(7)13-10/h1-4H,5-6H2,(H,11,12). The van der Waals surface area contributed by atoms with Gasteiger partial charge in [-0.05, 0) is 18.1 Å². The summed E-state index contributed by atoms with van der Waals surface area (Å²) in [4.78, 5) is 15.7. The van der Waals surface area contributed by atoms with Crippen molar-refractivity contribution in [3.63, 3.8) is 0 Å². The molecule has 4 nitrogen and oxygen atoms in total. The quantitative estimate of drug-likeness (QED) is 0.656. The number of rotatable bonds is 0. The number of benzene rings is 1. The third-order valence-electron chi connectivity index (χ3n) is 1.98. The second-order valence-electron chi connectivity index (χ2n) is 2.83. The van der Waals surface area contributed by atoms with Crippen LogP contribution in [0.5, 0.6) is 5.75 Å². The lowest BCUT2D eigenvalue weighted by molar-refractivity contribution is -0.0446. The van der Waals surface area contributed by atoms with Crippen LogP contribution in [-0.2, 0) is 6.42 Å². The number of hydroxylamine groups is 2. The molecule has 0 atom stereocenters. The Labute approximate surface area is 75.3 Å². The van der Waals surface area contributed by atoms with E-state index in [2.05, 4.69) is 0 Å². The summed E-state index contributed by atoms with van der Waals surface area (Å²) in [6.45, 7) is 0.395. The zero-order chi connectivity index (χ0) is 9.26. The van der Waals surface area contributed by atoms with E-state index in [1.54, 1.807) is 6.07 Å². The zero-order valence-electron chi connectivity index (χ0n) is 6.93. The third kappa shape index (κ3) is 1.42. The Morgan fingerprint density at radius 2 is 2.23 bits per heavy atom. The van der Waals surface area contributed by atoms with Crippen LogP contribution in [0.1, 0.15) is 5.56 Å². The number of carbonyl (C=O) groups is 1. The van der Waals surface area contributed by atoms with E-state index in [-0.39, 0.29) is 0 Å². The summed E-state index contributed by atoms with van der Waals surface area (Å²) in [5.74, 6) is 0.635. The van der Waals surface area contributed by atoms with E-state index < -0.39 is 6.09 Å². The Hall–Kier alpha value is -1.71. The number of amides is 1. The first-order valence-electron chi connectivity index (χ1n) is 4.04. The summed E-state index contributed by atoms with van der Waals surface area (Å²) in [5.41, 5.74) is 1.06. The van der Waals surface area contributed by atoms with Gasteiger partial charge in [-0.25, -0.2) is 4.79 Å². The minimum absolute atomic E-state index is 0.395. The van der Waals surface area contributed by atoms with Gasteiger partial charge in [0.15, 0.2) is 5.75 Å². The highest BCUT2D eigenvalue weighted by Crippen LogP contribution is 2.23. The van der Waals surface area contributed by atoms with Gasteiger partial charge in [-0.2, -0.15) is 0 Å².